The Morgan fingerprint density at radius 2 is 1.68 bits per heavy atom. The van der Waals surface area contributed by atoms with Gasteiger partial charge in [0.1, 0.15) is 11.8 Å². The Bertz CT molecular complexity index is 844. The maximum absolute atomic E-state index is 12.9. The number of hydrogen-bond donors (Lipinski definition) is 2. The molecule has 1 atom stereocenters. The number of amides is 2. The van der Waals surface area contributed by atoms with Crippen LogP contribution in [-0.2, 0) is 11.3 Å². The third kappa shape index (κ3) is 6.56. The van der Waals surface area contributed by atoms with Gasteiger partial charge in [-0.2, -0.15) is 0 Å². The Balaban J connectivity index is 1.50. The number of piperidine rings is 1. The fourth-order valence-corrected chi connectivity index (χ4v) is 3.87. The van der Waals surface area contributed by atoms with E-state index in [-0.39, 0.29) is 23.8 Å². The van der Waals surface area contributed by atoms with E-state index in [9.17, 15) is 9.59 Å². The van der Waals surface area contributed by atoms with E-state index in [0.717, 1.165) is 32.5 Å². The lowest BCUT2D eigenvalue weighted by molar-refractivity contribution is -0.125. The van der Waals surface area contributed by atoms with Crippen molar-refractivity contribution < 1.29 is 14.3 Å². The monoisotopic (exact) mass is 423 g/mol. The largest absolute Gasteiger partial charge is 0.497 e. The van der Waals surface area contributed by atoms with Crippen LogP contribution in [0.1, 0.15) is 42.6 Å². The lowest BCUT2D eigenvalue weighted by atomic mass is 10.00. The minimum Gasteiger partial charge on any atom is -0.497 e. The molecule has 6 nitrogen and oxygen atoms in total. The molecule has 166 valence electrons. The van der Waals surface area contributed by atoms with Crippen molar-refractivity contribution in [3.63, 3.8) is 0 Å². The van der Waals surface area contributed by atoms with Gasteiger partial charge in [-0.05, 0) is 48.6 Å². The van der Waals surface area contributed by atoms with Crippen molar-refractivity contribution in [1.82, 2.24) is 15.5 Å². The molecule has 2 N–H and O–H groups in total. The van der Waals surface area contributed by atoms with E-state index in [1.807, 2.05) is 19.9 Å². The maximum Gasteiger partial charge on any atom is 0.251 e. The second-order valence-electron chi connectivity index (χ2n) is 8.47. The van der Waals surface area contributed by atoms with Crippen LogP contribution in [0.15, 0.2) is 54.6 Å². The lowest BCUT2D eigenvalue weighted by Crippen LogP contribution is -2.53. The molecule has 0 saturated carbocycles. The first-order valence-corrected chi connectivity index (χ1v) is 11.0. The summed E-state index contributed by atoms with van der Waals surface area (Å²) in [4.78, 5) is 28.0. The van der Waals surface area contributed by atoms with Gasteiger partial charge in [0.05, 0.1) is 7.11 Å². The van der Waals surface area contributed by atoms with Gasteiger partial charge in [-0.3, -0.25) is 14.5 Å². The minimum absolute atomic E-state index is 0.0135. The van der Waals surface area contributed by atoms with E-state index in [1.165, 1.54) is 5.56 Å². The summed E-state index contributed by atoms with van der Waals surface area (Å²) in [5.41, 5.74) is 1.82. The second kappa shape index (κ2) is 11.0. The quantitative estimate of drug-likeness (QED) is 0.684. The van der Waals surface area contributed by atoms with Crippen molar-refractivity contribution >= 4 is 11.8 Å². The molecule has 0 radical (unpaired) electrons. The number of carbonyl (C=O) groups excluding carboxylic acids is 2. The lowest BCUT2D eigenvalue weighted by Gasteiger charge is -2.33. The Morgan fingerprint density at radius 3 is 2.26 bits per heavy atom. The van der Waals surface area contributed by atoms with Gasteiger partial charge >= 0.3 is 0 Å². The summed E-state index contributed by atoms with van der Waals surface area (Å²) in [5, 5.41) is 6.06. The summed E-state index contributed by atoms with van der Waals surface area (Å²) in [6.07, 6.45) is 1.83. The summed E-state index contributed by atoms with van der Waals surface area (Å²) in [6, 6.07) is 16.9. The highest BCUT2D eigenvalue weighted by atomic mass is 16.5. The predicted octanol–water partition coefficient (Wildman–Crippen LogP) is 3.23. The normalized spacial score (nSPS) is 16.0. The molecule has 0 aliphatic carbocycles. The third-order valence-electron chi connectivity index (χ3n) is 5.77. The van der Waals surface area contributed by atoms with E-state index in [0.29, 0.717) is 11.3 Å². The van der Waals surface area contributed by atoms with Gasteiger partial charge < -0.3 is 15.4 Å². The fraction of sp³-hybridized carbons (Fsp3) is 0.440. The second-order valence-corrected chi connectivity index (χ2v) is 8.47. The van der Waals surface area contributed by atoms with Crippen LogP contribution in [0.4, 0.5) is 0 Å². The van der Waals surface area contributed by atoms with Crippen LogP contribution in [0.3, 0.4) is 0 Å². The summed E-state index contributed by atoms with van der Waals surface area (Å²) in [7, 11) is 1.58. The first-order valence-electron chi connectivity index (χ1n) is 11.0. The van der Waals surface area contributed by atoms with Gasteiger partial charge in [-0.15, -0.1) is 0 Å². The molecule has 0 spiro atoms. The summed E-state index contributed by atoms with van der Waals surface area (Å²) < 4.78 is 5.13. The average Bonchev–Trinajstić information content (AvgIpc) is 2.79. The van der Waals surface area contributed by atoms with E-state index < -0.39 is 6.04 Å². The van der Waals surface area contributed by atoms with Crippen molar-refractivity contribution in [3.8, 4) is 5.75 Å². The predicted molar refractivity (Wildman–Crippen MR) is 122 cm³/mol. The van der Waals surface area contributed by atoms with Crippen LogP contribution < -0.4 is 15.4 Å². The number of methoxy groups -OCH3 is 1. The molecule has 0 aromatic heterocycles. The minimum atomic E-state index is -0.572. The number of likely N-dealkylation sites (tertiary alicyclic amines) is 1. The third-order valence-corrected chi connectivity index (χ3v) is 5.77. The van der Waals surface area contributed by atoms with Crippen LogP contribution in [-0.4, -0.2) is 49.0 Å². The molecule has 2 aromatic carbocycles. The molecule has 2 amide bonds. The first kappa shape index (κ1) is 22.8. The maximum atomic E-state index is 12.9. The highest BCUT2D eigenvalue weighted by Gasteiger charge is 2.28. The SMILES string of the molecule is COc1ccc(C(=O)NC(C(=O)NC2CCN(Cc3ccccc3)CC2)C(C)C)cc1. The number of hydrogen-bond acceptors (Lipinski definition) is 4. The zero-order valence-electron chi connectivity index (χ0n) is 18.6. The molecule has 1 fully saturated rings. The Kier molecular flexibility index (Phi) is 8.06. The van der Waals surface area contributed by atoms with Crippen molar-refractivity contribution in [2.24, 2.45) is 5.92 Å². The number of carbonyl (C=O) groups is 2. The number of nitrogens with one attached hydrogen (secondary N) is 2. The summed E-state index contributed by atoms with van der Waals surface area (Å²) in [5.74, 6) is 0.307. The average molecular weight is 424 g/mol. The van der Waals surface area contributed by atoms with Crippen molar-refractivity contribution in [1.29, 1.82) is 0 Å². The Labute approximate surface area is 185 Å². The van der Waals surface area contributed by atoms with Crippen LogP contribution in [0.25, 0.3) is 0 Å². The van der Waals surface area contributed by atoms with Gasteiger partial charge in [0, 0.05) is 31.2 Å². The number of nitrogens with zero attached hydrogens (tertiary/aromatic N) is 1. The highest BCUT2D eigenvalue weighted by Crippen LogP contribution is 2.15. The molecule has 1 unspecified atom stereocenters. The van der Waals surface area contributed by atoms with Gasteiger partial charge in [-0.1, -0.05) is 44.2 Å². The number of rotatable bonds is 8. The molecule has 1 aliphatic rings. The molecule has 0 bridgehead atoms. The highest BCUT2D eigenvalue weighted by molar-refractivity contribution is 5.97. The zero-order chi connectivity index (χ0) is 22.2. The van der Waals surface area contributed by atoms with E-state index in [1.54, 1.807) is 31.4 Å². The van der Waals surface area contributed by atoms with Crippen molar-refractivity contribution in [2.75, 3.05) is 20.2 Å². The number of ether oxygens (including phenoxy) is 1. The Morgan fingerprint density at radius 1 is 1.03 bits per heavy atom. The molecular formula is C25H33N3O3. The van der Waals surface area contributed by atoms with E-state index in [2.05, 4.69) is 39.8 Å². The molecule has 3 rings (SSSR count). The van der Waals surface area contributed by atoms with Gasteiger partial charge in [-0.25, -0.2) is 0 Å². The fourth-order valence-electron chi connectivity index (χ4n) is 3.87. The summed E-state index contributed by atoms with van der Waals surface area (Å²) in [6.45, 7) is 6.73. The number of benzene rings is 2. The van der Waals surface area contributed by atoms with Crippen LogP contribution in [0.2, 0.25) is 0 Å². The standard InChI is InChI=1S/C25H33N3O3/c1-18(2)23(27-24(29)20-9-11-22(31-3)12-10-20)25(30)26-21-13-15-28(16-14-21)17-19-7-5-4-6-8-19/h4-12,18,21,23H,13-17H2,1-3H3,(H,26,30)(H,27,29). The smallest absolute Gasteiger partial charge is 0.251 e. The summed E-state index contributed by atoms with van der Waals surface area (Å²) >= 11 is 0. The van der Waals surface area contributed by atoms with Crippen LogP contribution in [0, 0.1) is 5.92 Å². The molecule has 1 heterocycles. The van der Waals surface area contributed by atoms with Crippen molar-refractivity contribution in [3.05, 3.63) is 65.7 Å². The molecule has 6 heteroatoms. The van der Waals surface area contributed by atoms with Crippen LogP contribution in [0.5, 0.6) is 5.75 Å². The van der Waals surface area contributed by atoms with Gasteiger partial charge in [0.25, 0.3) is 5.91 Å². The van der Waals surface area contributed by atoms with Gasteiger partial charge in [0.2, 0.25) is 5.91 Å². The molecule has 2 aromatic rings. The van der Waals surface area contributed by atoms with E-state index in [4.69, 9.17) is 4.74 Å². The zero-order valence-corrected chi connectivity index (χ0v) is 18.6. The van der Waals surface area contributed by atoms with Crippen LogP contribution >= 0.6 is 0 Å². The molecule has 1 saturated heterocycles. The van der Waals surface area contributed by atoms with E-state index >= 15 is 0 Å². The first-order chi connectivity index (χ1) is 15.0. The molecule has 31 heavy (non-hydrogen) atoms. The topological polar surface area (TPSA) is 70.7 Å². The van der Waals surface area contributed by atoms with Gasteiger partial charge in [0.15, 0.2) is 0 Å². The molecular weight excluding hydrogens is 390 g/mol. The van der Waals surface area contributed by atoms with Crippen molar-refractivity contribution in [2.45, 2.75) is 45.3 Å². The Hall–Kier alpha value is -2.86. The molecule has 1 aliphatic heterocycles.